The zero-order chi connectivity index (χ0) is 12.3. The maximum absolute atomic E-state index is 3.82. The molecule has 2 fully saturated rings. The highest BCUT2D eigenvalue weighted by atomic mass is 15.2. The van der Waals surface area contributed by atoms with Gasteiger partial charge in [-0.3, -0.25) is 0 Å². The maximum atomic E-state index is 3.82. The minimum atomic E-state index is 0.732. The molecular formula is C15H30N2. The Balaban J connectivity index is 1.63. The Bertz CT molecular complexity index is 227. The standard InChI is InChI=1S/C15H30N2/c1-4-13-5-6-15(9-13)16-10-14-7-8-17(11-14)12(2)3/h12-16H,4-11H2,1-3H3. The fourth-order valence-corrected chi connectivity index (χ4v) is 3.46. The monoisotopic (exact) mass is 238 g/mol. The second-order valence-corrected chi connectivity index (χ2v) is 6.44. The first-order chi connectivity index (χ1) is 8.19. The van der Waals surface area contributed by atoms with Gasteiger partial charge in [0.2, 0.25) is 0 Å². The van der Waals surface area contributed by atoms with E-state index < -0.39 is 0 Å². The van der Waals surface area contributed by atoms with Crippen molar-refractivity contribution in [3.8, 4) is 0 Å². The topological polar surface area (TPSA) is 15.3 Å². The van der Waals surface area contributed by atoms with Gasteiger partial charge in [0, 0.05) is 18.6 Å². The molecule has 1 N–H and O–H groups in total. The van der Waals surface area contributed by atoms with Gasteiger partial charge in [0.1, 0.15) is 0 Å². The van der Waals surface area contributed by atoms with Crippen molar-refractivity contribution < 1.29 is 0 Å². The fraction of sp³-hybridized carbons (Fsp3) is 1.00. The summed E-state index contributed by atoms with van der Waals surface area (Å²) in [5.41, 5.74) is 0. The van der Waals surface area contributed by atoms with Gasteiger partial charge in [0.05, 0.1) is 0 Å². The Hall–Kier alpha value is -0.0800. The van der Waals surface area contributed by atoms with E-state index in [4.69, 9.17) is 0 Å². The molecule has 3 atom stereocenters. The first kappa shape index (κ1) is 13.4. The molecule has 0 amide bonds. The number of rotatable bonds is 5. The Kier molecular flexibility index (Phi) is 4.87. The number of nitrogens with zero attached hydrogens (tertiary/aromatic N) is 1. The molecule has 1 aliphatic heterocycles. The largest absolute Gasteiger partial charge is 0.314 e. The summed E-state index contributed by atoms with van der Waals surface area (Å²) in [6, 6.07) is 1.56. The highest BCUT2D eigenvalue weighted by Gasteiger charge is 2.27. The Labute approximate surface area is 107 Å². The molecule has 2 rings (SSSR count). The van der Waals surface area contributed by atoms with E-state index in [0.717, 1.165) is 23.9 Å². The van der Waals surface area contributed by atoms with E-state index in [9.17, 15) is 0 Å². The predicted molar refractivity (Wildman–Crippen MR) is 74.2 cm³/mol. The highest BCUT2D eigenvalue weighted by molar-refractivity contribution is 4.84. The first-order valence-corrected chi connectivity index (χ1v) is 7.66. The van der Waals surface area contributed by atoms with E-state index in [1.54, 1.807) is 0 Å². The molecule has 2 heteroatoms. The van der Waals surface area contributed by atoms with Crippen molar-refractivity contribution in [1.29, 1.82) is 0 Å². The third-order valence-corrected chi connectivity index (χ3v) is 4.86. The number of likely N-dealkylation sites (tertiary alicyclic amines) is 1. The van der Waals surface area contributed by atoms with E-state index in [1.807, 2.05) is 0 Å². The molecule has 0 radical (unpaired) electrons. The normalized spacial score (nSPS) is 34.9. The average molecular weight is 238 g/mol. The summed E-state index contributed by atoms with van der Waals surface area (Å²) in [5, 5.41) is 3.82. The zero-order valence-corrected chi connectivity index (χ0v) is 11.9. The summed E-state index contributed by atoms with van der Waals surface area (Å²) < 4.78 is 0. The molecule has 0 aromatic carbocycles. The number of hydrogen-bond donors (Lipinski definition) is 1. The smallest absolute Gasteiger partial charge is 0.00699 e. The van der Waals surface area contributed by atoms with E-state index in [0.29, 0.717) is 0 Å². The number of hydrogen-bond acceptors (Lipinski definition) is 2. The molecule has 1 heterocycles. The zero-order valence-electron chi connectivity index (χ0n) is 11.9. The summed E-state index contributed by atoms with van der Waals surface area (Å²) in [4.78, 5) is 2.62. The van der Waals surface area contributed by atoms with Crippen LogP contribution in [0.15, 0.2) is 0 Å². The lowest BCUT2D eigenvalue weighted by atomic mass is 10.1. The van der Waals surface area contributed by atoms with Crippen LogP contribution in [0.25, 0.3) is 0 Å². The molecule has 0 aromatic heterocycles. The van der Waals surface area contributed by atoms with E-state index in [2.05, 4.69) is 31.0 Å². The van der Waals surface area contributed by atoms with Crippen molar-refractivity contribution >= 4 is 0 Å². The van der Waals surface area contributed by atoms with Gasteiger partial charge in [-0.15, -0.1) is 0 Å². The van der Waals surface area contributed by atoms with Crippen molar-refractivity contribution in [2.45, 2.75) is 65.0 Å². The van der Waals surface area contributed by atoms with E-state index in [-0.39, 0.29) is 0 Å². The lowest BCUT2D eigenvalue weighted by molar-refractivity contribution is 0.262. The van der Waals surface area contributed by atoms with Crippen LogP contribution >= 0.6 is 0 Å². The third-order valence-electron chi connectivity index (χ3n) is 4.86. The Morgan fingerprint density at radius 2 is 2.00 bits per heavy atom. The molecule has 0 aromatic rings. The summed E-state index contributed by atoms with van der Waals surface area (Å²) in [5.74, 6) is 1.90. The molecule has 17 heavy (non-hydrogen) atoms. The van der Waals surface area contributed by atoms with Gasteiger partial charge in [0.15, 0.2) is 0 Å². The van der Waals surface area contributed by atoms with Crippen LogP contribution in [-0.4, -0.2) is 36.6 Å². The molecule has 1 saturated heterocycles. The lowest BCUT2D eigenvalue weighted by Gasteiger charge is -2.21. The fourth-order valence-electron chi connectivity index (χ4n) is 3.46. The maximum Gasteiger partial charge on any atom is 0.00699 e. The first-order valence-electron chi connectivity index (χ1n) is 7.66. The Morgan fingerprint density at radius 1 is 1.18 bits per heavy atom. The van der Waals surface area contributed by atoms with Crippen LogP contribution in [0.5, 0.6) is 0 Å². The highest BCUT2D eigenvalue weighted by Crippen LogP contribution is 2.28. The van der Waals surface area contributed by atoms with Crippen LogP contribution in [0.1, 0.15) is 52.9 Å². The van der Waals surface area contributed by atoms with Crippen molar-refractivity contribution in [2.75, 3.05) is 19.6 Å². The third kappa shape index (κ3) is 3.69. The van der Waals surface area contributed by atoms with Gasteiger partial charge in [-0.25, -0.2) is 0 Å². The lowest BCUT2D eigenvalue weighted by Crippen LogP contribution is -2.34. The minimum absolute atomic E-state index is 0.732. The van der Waals surface area contributed by atoms with Gasteiger partial charge < -0.3 is 10.2 Å². The molecule has 100 valence electrons. The molecule has 0 spiro atoms. The van der Waals surface area contributed by atoms with Crippen LogP contribution in [0.2, 0.25) is 0 Å². The summed E-state index contributed by atoms with van der Waals surface area (Å²) in [6.07, 6.45) is 7.07. The Morgan fingerprint density at radius 3 is 2.59 bits per heavy atom. The molecule has 3 unspecified atom stereocenters. The van der Waals surface area contributed by atoms with Crippen LogP contribution in [-0.2, 0) is 0 Å². The van der Waals surface area contributed by atoms with E-state index >= 15 is 0 Å². The van der Waals surface area contributed by atoms with Gasteiger partial charge in [-0.2, -0.15) is 0 Å². The van der Waals surface area contributed by atoms with Crippen molar-refractivity contribution in [3.05, 3.63) is 0 Å². The molecule has 1 aliphatic carbocycles. The van der Waals surface area contributed by atoms with Gasteiger partial charge in [0.25, 0.3) is 0 Å². The van der Waals surface area contributed by atoms with Crippen LogP contribution < -0.4 is 5.32 Å². The summed E-state index contributed by atoms with van der Waals surface area (Å²) in [7, 11) is 0. The van der Waals surface area contributed by atoms with Crippen molar-refractivity contribution in [3.63, 3.8) is 0 Å². The molecule has 0 bridgehead atoms. The average Bonchev–Trinajstić information content (AvgIpc) is 2.95. The number of nitrogens with one attached hydrogen (secondary N) is 1. The van der Waals surface area contributed by atoms with Gasteiger partial charge >= 0.3 is 0 Å². The second-order valence-electron chi connectivity index (χ2n) is 6.44. The van der Waals surface area contributed by atoms with Crippen LogP contribution in [0, 0.1) is 11.8 Å². The predicted octanol–water partition coefficient (Wildman–Crippen LogP) is 2.89. The molecule has 2 aliphatic rings. The molecular weight excluding hydrogens is 208 g/mol. The minimum Gasteiger partial charge on any atom is -0.314 e. The summed E-state index contributed by atoms with van der Waals surface area (Å²) >= 11 is 0. The quantitative estimate of drug-likeness (QED) is 0.792. The van der Waals surface area contributed by atoms with Crippen molar-refractivity contribution in [1.82, 2.24) is 10.2 Å². The van der Waals surface area contributed by atoms with Crippen LogP contribution in [0.4, 0.5) is 0 Å². The van der Waals surface area contributed by atoms with E-state index in [1.165, 1.54) is 51.7 Å². The second kappa shape index (κ2) is 6.19. The van der Waals surface area contributed by atoms with Crippen molar-refractivity contribution in [2.24, 2.45) is 11.8 Å². The van der Waals surface area contributed by atoms with Crippen LogP contribution in [0.3, 0.4) is 0 Å². The molecule has 1 saturated carbocycles. The van der Waals surface area contributed by atoms with Gasteiger partial charge in [-0.1, -0.05) is 13.3 Å². The van der Waals surface area contributed by atoms with Gasteiger partial charge in [-0.05, 0) is 64.5 Å². The molecule has 2 nitrogen and oxygen atoms in total. The summed E-state index contributed by atoms with van der Waals surface area (Å²) in [6.45, 7) is 10.9. The SMILES string of the molecule is CCC1CCC(NCC2CCN(C(C)C)C2)C1.